The first-order chi connectivity index (χ1) is 24.7. The number of ether oxygens (including phenoxy) is 2. The van der Waals surface area contributed by atoms with E-state index in [1.54, 1.807) is 21.6 Å². The fourth-order valence-electron chi connectivity index (χ4n) is 11.1. The SMILES string of the molecule is CCC1(C=C2OC(=O)C3=C2CCC2C4CCC5(C6=CCC(C)C(NCC(C)O)SSC7C=CC8=C(NCC=C8CC4=C5C(=O)O6)N7)C32)CCCC1. The molecule has 1 saturated heterocycles. The molecule has 8 atom stereocenters. The molecule has 11 rings (SSSR count). The minimum atomic E-state index is -0.672. The smallest absolute Gasteiger partial charge is 0.340 e. The molecule has 4 N–H and O–H groups in total. The summed E-state index contributed by atoms with van der Waals surface area (Å²) in [6.45, 7) is 7.52. The summed E-state index contributed by atoms with van der Waals surface area (Å²) in [7, 11) is 3.57. The highest BCUT2D eigenvalue weighted by Gasteiger charge is 2.68. The zero-order valence-electron chi connectivity index (χ0n) is 30.0. The molecule has 1 spiro atoms. The molecule has 3 fully saturated rings. The summed E-state index contributed by atoms with van der Waals surface area (Å²) in [6.07, 6.45) is 21.6. The van der Waals surface area contributed by atoms with E-state index in [4.69, 9.17) is 9.47 Å². The predicted octanol–water partition coefficient (Wildman–Crippen LogP) is 7.20. The van der Waals surface area contributed by atoms with Crippen LogP contribution in [-0.4, -0.2) is 47.0 Å². The van der Waals surface area contributed by atoms with Gasteiger partial charge in [0.25, 0.3) is 0 Å². The van der Waals surface area contributed by atoms with E-state index in [1.807, 2.05) is 6.92 Å². The second kappa shape index (κ2) is 13.0. The number of esters is 2. The number of hydrogen-bond acceptors (Lipinski definition) is 10. The van der Waals surface area contributed by atoms with Crippen molar-refractivity contribution in [2.75, 3.05) is 13.1 Å². The number of cyclic esters (lactones) is 1. The van der Waals surface area contributed by atoms with Gasteiger partial charge in [-0.2, -0.15) is 0 Å². The second-order valence-corrected chi connectivity index (χ2v) is 19.0. The van der Waals surface area contributed by atoms with Gasteiger partial charge in [-0.05, 0) is 106 Å². The number of carbonyl (C=O) groups is 2. The van der Waals surface area contributed by atoms with Crippen molar-refractivity contribution in [2.45, 2.75) is 108 Å². The molecule has 272 valence electrons. The van der Waals surface area contributed by atoms with E-state index < -0.39 is 11.5 Å². The van der Waals surface area contributed by atoms with Crippen LogP contribution in [0.1, 0.15) is 91.4 Å². The standard InChI is InChI=1S/C41H51N3O5S2/c1-4-40(15-5-6-16-40)20-30-28-9-8-27-26-13-17-41(34(27)33(28)38(46)48-30)31-11-7-22(2)37(43-21-23(3)45)51-50-32-12-10-25-24(14-18-42-36(25)44-32)19-29(26)35(41)39(47)49-31/h10-12,14,20,22-23,26-27,32,34,37,42-45H,4-9,13,15-19,21H2,1-3H3. The molecule has 9 bridgehead atoms. The van der Waals surface area contributed by atoms with Crippen molar-refractivity contribution in [3.63, 3.8) is 0 Å². The lowest BCUT2D eigenvalue weighted by Gasteiger charge is -2.56. The van der Waals surface area contributed by atoms with Crippen LogP contribution in [0.2, 0.25) is 0 Å². The van der Waals surface area contributed by atoms with Crippen LogP contribution in [0.4, 0.5) is 0 Å². The van der Waals surface area contributed by atoms with E-state index in [-0.39, 0.29) is 51.8 Å². The van der Waals surface area contributed by atoms with Gasteiger partial charge in [-0.3, -0.25) is 0 Å². The van der Waals surface area contributed by atoms with Crippen molar-refractivity contribution in [3.05, 3.63) is 81.2 Å². The Labute approximate surface area is 309 Å². The fourth-order valence-corrected chi connectivity index (χ4v) is 13.9. The normalized spacial score (nSPS) is 37.8. The minimum Gasteiger partial charge on any atom is -0.427 e. The van der Waals surface area contributed by atoms with Crippen molar-refractivity contribution in [2.24, 2.45) is 34.5 Å². The van der Waals surface area contributed by atoms with Gasteiger partial charge >= 0.3 is 11.9 Å². The molecule has 0 amide bonds. The zero-order valence-corrected chi connectivity index (χ0v) is 31.7. The first kappa shape index (κ1) is 34.1. The third kappa shape index (κ3) is 5.47. The van der Waals surface area contributed by atoms with E-state index in [0.717, 1.165) is 91.1 Å². The maximum absolute atomic E-state index is 14.4. The first-order valence-corrected chi connectivity index (χ1v) is 21.7. The molecule has 0 aromatic rings. The lowest BCUT2D eigenvalue weighted by atomic mass is 9.44. The van der Waals surface area contributed by atoms with Gasteiger partial charge in [-0.1, -0.05) is 72.1 Å². The average Bonchev–Trinajstić information content (AvgIpc) is 3.81. The molecular formula is C41H51N3O5S2. The van der Waals surface area contributed by atoms with Gasteiger partial charge in [0.05, 0.1) is 22.5 Å². The van der Waals surface area contributed by atoms with Crippen LogP contribution in [0.15, 0.2) is 81.2 Å². The molecule has 6 aliphatic heterocycles. The zero-order chi connectivity index (χ0) is 35.1. The molecule has 5 aliphatic carbocycles. The Morgan fingerprint density at radius 2 is 1.96 bits per heavy atom. The van der Waals surface area contributed by atoms with Crippen molar-refractivity contribution in [3.8, 4) is 0 Å². The van der Waals surface area contributed by atoms with Gasteiger partial charge in [-0.25, -0.2) is 9.59 Å². The highest BCUT2D eigenvalue weighted by Crippen LogP contribution is 2.71. The maximum Gasteiger partial charge on any atom is 0.340 e. The Hall–Kier alpha value is -2.66. The molecular weight excluding hydrogens is 679 g/mol. The Kier molecular flexibility index (Phi) is 8.72. The van der Waals surface area contributed by atoms with Gasteiger partial charge in [0.15, 0.2) is 0 Å². The van der Waals surface area contributed by atoms with Crippen LogP contribution < -0.4 is 16.0 Å². The Bertz CT molecular complexity index is 1760. The summed E-state index contributed by atoms with van der Waals surface area (Å²) in [6, 6.07) is 0. The molecule has 0 aromatic carbocycles. The number of hydrogen-bond donors (Lipinski definition) is 4. The predicted molar refractivity (Wildman–Crippen MR) is 201 cm³/mol. The Morgan fingerprint density at radius 3 is 2.76 bits per heavy atom. The second-order valence-electron chi connectivity index (χ2n) is 16.5. The number of rotatable bonds is 5. The molecule has 0 radical (unpaired) electrons. The van der Waals surface area contributed by atoms with Crippen molar-refractivity contribution >= 4 is 33.5 Å². The Morgan fingerprint density at radius 1 is 1.12 bits per heavy atom. The quantitative estimate of drug-likeness (QED) is 0.171. The topological polar surface area (TPSA) is 109 Å². The van der Waals surface area contributed by atoms with Crippen LogP contribution in [0.25, 0.3) is 0 Å². The van der Waals surface area contributed by atoms with Crippen molar-refractivity contribution in [1.29, 1.82) is 0 Å². The van der Waals surface area contributed by atoms with Crippen LogP contribution >= 0.6 is 21.6 Å². The molecule has 6 heterocycles. The Balaban J connectivity index is 1.19. The minimum absolute atomic E-state index is 0.0488. The number of fused-ring (bicyclic) bond motifs is 6. The summed E-state index contributed by atoms with van der Waals surface area (Å²) >= 11 is 0. The summed E-state index contributed by atoms with van der Waals surface area (Å²) in [5, 5.41) is 21.2. The van der Waals surface area contributed by atoms with E-state index >= 15 is 0 Å². The van der Waals surface area contributed by atoms with E-state index in [2.05, 4.69) is 60.2 Å². The number of aliphatic hydroxyl groups is 1. The number of allylic oxidation sites excluding steroid dienone is 8. The number of nitrogens with one attached hydrogen (secondary N) is 3. The summed E-state index contributed by atoms with van der Waals surface area (Å²) in [4.78, 5) is 28.6. The summed E-state index contributed by atoms with van der Waals surface area (Å²) in [5.41, 5.74) is 5.81. The van der Waals surface area contributed by atoms with Crippen molar-refractivity contribution in [1.82, 2.24) is 16.0 Å². The molecule has 8 nitrogen and oxygen atoms in total. The van der Waals surface area contributed by atoms with Crippen LogP contribution in [-0.2, 0) is 19.1 Å². The van der Waals surface area contributed by atoms with Gasteiger partial charge in [0, 0.05) is 35.7 Å². The average molecular weight is 730 g/mol. The fraction of sp³-hybridized carbons (Fsp3) is 0.610. The third-order valence-electron chi connectivity index (χ3n) is 13.6. The maximum atomic E-state index is 14.4. The largest absolute Gasteiger partial charge is 0.427 e. The van der Waals surface area contributed by atoms with Crippen LogP contribution in [0, 0.1) is 34.5 Å². The third-order valence-corrected chi connectivity index (χ3v) is 16.6. The van der Waals surface area contributed by atoms with Gasteiger partial charge < -0.3 is 30.5 Å². The van der Waals surface area contributed by atoms with E-state index in [1.165, 1.54) is 24.0 Å². The number of dihydropyridines is 2. The molecule has 10 heteroatoms. The molecule has 2 saturated carbocycles. The number of aliphatic hydroxyl groups excluding tert-OH is 1. The molecule has 0 aromatic heterocycles. The lowest BCUT2D eigenvalue weighted by Crippen LogP contribution is -2.52. The van der Waals surface area contributed by atoms with Gasteiger partial charge in [0.1, 0.15) is 22.7 Å². The van der Waals surface area contributed by atoms with Gasteiger partial charge in [-0.15, -0.1) is 0 Å². The summed E-state index contributed by atoms with van der Waals surface area (Å²) < 4.78 is 12.7. The summed E-state index contributed by atoms with van der Waals surface area (Å²) in [5.74, 6) is 2.68. The molecule has 51 heavy (non-hydrogen) atoms. The highest BCUT2D eigenvalue weighted by atomic mass is 33.1. The highest BCUT2D eigenvalue weighted by molar-refractivity contribution is 8.77. The van der Waals surface area contributed by atoms with Crippen LogP contribution in [0.3, 0.4) is 0 Å². The van der Waals surface area contributed by atoms with E-state index in [9.17, 15) is 14.7 Å². The lowest BCUT2D eigenvalue weighted by molar-refractivity contribution is -0.135. The first-order valence-electron chi connectivity index (χ1n) is 19.4. The van der Waals surface area contributed by atoms with Gasteiger partial charge in [0.2, 0.25) is 0 Å². The molecule has 11 aliphatic rings. The number of carbonyl (C=O) groups excluding carboxylic acids is 2. The van der Waals surface area contributed by atoms with E-state index in [0.29, 0.717) is 19.4 Å². The monoisotopic (exact) mass is 729 g/mol. The van der Waals surface area contributed by atoms with Crippen LogP contribution in [0.5, 0.6) is 0 Å². The van der Waals surface area contributed by atoms with Crippen molar-refractivity contribution < 1.29 is 24.2 Å². The molecule has 8 unspecified atom stereocenters.